The fourth-order valence-electron chi connectivity index (χ4n) is 2.14. The zero-order chi connectivity index (χ0) is 18.8. The summed E-state index contributed by atoms with van der Waals surface area (Å²) in [6, 6.07) is 6.78. The number of carbonyl (C=O) groups excluding carboxylic acids is 1. The Morgan fingerprint density at radius 2 is 1.80 bits per heavy atom. The van der Waals surface area contributed by atoms with Crippen LogP contribution in [-0.4, -0.2) is 27.1 Å². The van der Waals surface area contributed by atoms with E-state index < -0.39 is 35.3 Å². The van der Waals surface area contributed by atoms with Crippen molar-refractivity contribution in [3.63, 3.8) is 0 Å². The van der Waals surface area contributed by atoms with Gasteiger partial charge in [-0.05, 0) is 24.6 Å². The van der Waals surface area contributed by atoms with Gasteiger partial charge in [-0.3, -0.25) is 4.79 Å². The van der Waals surface area contributed by atoms with Crippen LogP contribution in [0.4, 0.5) is 19.0 Å². The molecule has 132 valence electrons. The second kappa shape index (κ2) is 6.89. The smallest absolute Gasteiger partial charge is 0.416 e. The van der Waals surface area contributed by atoms with E-state index in [0.717, 1.165) is 18.2 Å². The van der Waals surface area contributed by atoms with Gasteiger partial charge < -0.3 is 15.5 Å². The van der Waals surface area contributed by atoms with E-state index >= 15 is 0 Å². The van der Waals surface area contributed by atoms with E-state index in [9.17, 15) is 27.9 Å². The Morgan fingerprint density at radius 1 is 1.16 bits per heavy atom. The zero-order valence-corrected chi connectivity index (χ0v) is 12.8. The van der Waals surface area contributed by atoms with Crippen molar-refractivity contribution in [1.29, 1.82) is 0 Å². The molecule has 9 heteroatoms. The molecule has 0 fully saturated rings. The number of benzene rings is 1. The third kappa shape index (κ3) is 4.13. The standard InChI is InChI=1S/C16H13F3N2O4/c1-8-6-7-11(20-12(8)15(24)25)21-14(23)13(22)9-4-2-3-5-10(9)16(17,18)19/h2-7,13,22H,1H3,(H,24,25)(H,20,21,23). The van der Waals surface area contributed by atoms with E-state index in [1.54, 1.807) is 0 Å². The summed E-state index contributed by atoms with van der Waals surface area (Å²) in [6.45, 7) is 1.50. The van der Waals surface area contributed by atoms with Gasteiger partial charge in [-0.2, -0.15) is 13.2 Å². The molecule has 0 spiro atoms. The molecule has 1 aromatic carbocycles. The number of aromatic carboxylic acids is 1. The molecule has 0 bridgehead atoms. The van der Waals surface area contributed by atoms with Crippen LogP contribution < -0.4 is 5.32 Å². The average molecular weight is 354 g/mol. The molecule has 0 saturated heterocycles. The summed E-state index contributed by atoms with van der Waals surface area (Å²) in [6.07, 6.45) is -6.84. The molecule has 1 amide bonds. The largest absolute Gasteiger partial charge is 0.477 e. The molecular formula is C16H13F3N2O4. The quantitative estimate of drug-likeness (QED) is 0.784. The van der Waals surface area contributed by atoms with Crippen LogP contribution in [0, 0.1) is 6.92 Å². The minimum absolute atomic E-state index is 0.198. The van der Waals surface area contributed by atoms with Crippen molar-refractivity contribution in [3.05, 3.63) is 58.8 Å². The molecule has 25 heavy (non-hydrogen) atoms. The number of nitrogens with one attached hydrogen (secondary N) is 1. The zero-order valence-electron chi connectivity index (χ0n) is 12.8. The van der Waals surface area contributed by atoms with E-state index in [-0.39, 0.29) is 11.5 Å². The van der Waals surface area contributed by atoms with Crippen molar-refractivity contribution < 1.29 is 33.0 Å². The predicted octanol–water partition coefficient (Wildman–Crippen LogP) is 2.78. The Bertz CT molecular complexity index is 821. The van der Waals surface area contributed by atoms with Crippen LogP contribution in [0.25, 0.3) is 0 Å². The van der Waals surface area contributed by atoms with Gasteiger partial charge in [-0.15, -0.1) is 0 Å². The summed E-state index contributed by atoms with van der Waals surface area (Å²) in [7, 11) is 0. The third-order valence-electron chi connectivity index (χ3n) is 3.36. The van der Waals surface area contributed by atoms with E-state index in [1.807, 2.05) is 0 Å². The normalized spacial score (nSPS) is 12.5. The molecule has 1 heterocycles. The number of carbonyl (C=O) groups is 2. The van der Waals surface area contributed by atoms with Crippen molar-refractivity contribution in [2.24, 2.45) is 0 Å². The van der Waals surface area contributed by atoms with Crippen LogP contribution >= 0.6 is 0 Å². The minimum Gasteiger partial charge on any atom is -0.477 e. The van der Waals surface area contributed by atoms with Crippen LogP contribution in [0.5, 0.6) is 0 Å². The van der Waals surface area contributed by atoms with Gasteiger partial charge in [0.25, 0.3) is 5.91 Å². The number of aliphatic hydroxyl groups excluding tert-OH is 1. The Hall–Kier alpha value is -2.94. The lowest BCUT2D eigenvalue weighted by atomic mass is 10.0. The monoisotopic (exact) mass is 354 g/mol. The molecule has 2 aromatic rings. The van der Waals surface area contributed by atoms with Gasteiger partial charge in [0.1, 0.15) is 5.82 Å². The van der Waals surface area contributed by atoms with Gasteiger partial charge in [0, 0.05) is 5.56 Å². The first-order valence-corrected chi connectivity index (χ1v) is 6.97. The number of alkyl halides is 3. The topological polar surface area (TPSA) is 99.5 Å². The summed E-state index contributed by atoms with van der Waals surface area (Å²) >= 11 is 0. The average Bonchev–Trinajstić information content (AvgIpc) is 2.54. The number of carboxylic acid groups (broad SMARTS) is 1. The number of aryl methyl sites for hydroxylation is 1. The highest BCUT2D eigenvalue weighted by atomic mass is 19.4. The fraction of sp³-hybridized carbons (Fsp3) is 0.188. The molecule has 2 rings (SSSR count). The van der Waals surface area contributed by atoms with Crippen LogP contribution in [0.3, 0.4) is 0 Å². The van der Waals surface area contributed by atoms with Crippen LogP contribution in [-0.2, 0) is 11.0 Å². The lowest BCUT2D eigenvalue weighted by Crippen LogP contribution is -2.24. The van der Waals surface area contributed by atoms with E-state index in [1.165, 1.54) is 25.1 Å². The SMILES string of the molecule is Cc1ccc(NC(=O)C(O)c2ccccc2C(F)(F)F)nc1C(=O)O. The number of anilines is 1. The molecule has 1 aromatic heterocycles. The third-order valence-corrected chi connectivity index (χ3v) is 3.36. The van der Waals surface area contributed by atoms with Gasteiger partial charge in [0.15, 0.2) is 11.8 Å². The first kappa shape index (κ1) is 18.4. The Morgan fingerprint density at radius 3 is 2.40 bits per heavy atom. The van der Waals surface area contributed by atoms with Crippen molar-refractivity contribution in [3.8, 4) is 0 Å². The lowest BCUT2D eigenvalue weighted by Gasteiger charge is -2.17. The molecule has 3 N–H and O–H groups in total. The van der Waals surface area contributed by atoms with E-state index in [2.05, 4.69) is 10.3 Å². The number of amides is 1. The molecule has 1 atom stereocenters. The molecule has 0 aliphatic carbocycles. The molecule has 1 unspecified atom stereocenters. The van der Waals surface area contributed by atoms with Crippen LogP contribution in [0.15, 0.2) is 36.4 Å². The number of halogens is 3. The first-order valence-electron chi connectivity index (χ1n) is 6.97. The van der Waals surface area contributed by atoms with Crippen LogP contribution in [0.2, 0.25) is 0 Å². The van der Waals surface area contributed by atoms with Gasteiger partial charge >= 0.3 is 12.1 Å². The summed E-state index contributed by atoms with van der Waals surface area (Å²) < 4.78 is 38.9. The maximum Gasteiger partial charge on any atom is 0.416 e. The second-order valence-corrected chi connectivity index (χ2v) is 5.14. The molecule has 0 radical (unpaired) electrons. The van der Waals surface area contributed by atoms with Crippen LogP contribution in [0.1, 0.15) is 33.3 Å². The van der Waals surface area contributed by atoms with Crippen molar-refractivity contribution >= 4 is 17.7 Å². The predicted molar refractivity (Wildman–Crippen MR) is 81.0 cm³/mol. The van der Waals surface area contributed by atoms with Crippen molar-refractivity contribution in [2.45, 2.75) is 19.2 Å². The summed E-state index contributed by atoms with van der Waals surface area (Å²) in [4.78, 5) is 26.8. The number of nitrogens with zero attached hydrogens (tertiary/aromatic N) is 1. The summed E-state index contributed by atoms with van der Waals surface area (Å²) in [5.74, 6) is -2.68. The number of aliphatic hydroxyl groups is 1. The minimum atomic E-state index is -4.74. The molecular weight excluding hydrogens is 341 g/mol. The molecule has 6 nitrogen and oxygen atoms in total. The Labute approximate surface area is 139 Å². The van der Waals surface area contributed by atoms with E-state index in [0.29, 0.717) is 5.56 Å². The lowest BCUT2D eigenvalue weighted by molar-refractivity contribution is -0.140. The molecule has 0 aliphatic heterocycles. The molecule has 0 aliphatic rings. The van der Waals surface area contributed by atoms with Gasteiger partial charge in [-0.1, -0.05) is 24.3 Å². The van der Waals surface area contributed by atoms with Crippen molar-refractivity contribution in [2.75, 3.05) is 5.32 Å². The van der Waals surface area contributed by atoms with Crippen molar-refractivity contribution in [1.82, 2.24) is 4.98 Å². The highest BCUT2D eigenvalue weighted by Crippen LogP contribution is 2.34. The van der Waals surface area contributed by atoms with Gasteiger partial charge in [-0.25, -0.2) is 9.78 Å². The highest BCUT2D eigenvalue weighted by molar-refractivity contribution is 5.95. The number of hydrogen-bond donors (Lipinski definition) is 3. The van der Waals surface area contributed by atoms with Gasteiger partial charge in [0.05, 0.1) is 5.56 Å². The fourth-order valence-corrected chi connectivity index (χ4v) is 2.14. The molecule has 0 saturated carbocycles. The maximum absolute atomic E-state index is 13.0. The summed E-state index contributed by atoms with van der Waals surface area (Å²) in [5, 5.41) is 21.1. The number of rotatable bonds is 4. The summed E-state index contributed by atoms with van der Waals surface area (Å²) in [5.41, 5.74) is -1.73. The number of pyridine rings is 1. The van der Waals surface area contributed by atoms with E-state index in [4.69, 9.17) is 5.11 Å². The Balaban J connectivity index is 2.28. The Kier molecular flexibility index (Phi) is 5.07. The van der Waals surface area contributed by atoms with Gasteiger partial charge in [0.2, 0.25) is 0 Å². The number of carboxylic acids is 1. The second-order valence-electron chi connectivity index (χ2n) is 5.14. The number of aromatic nitrogens is 1. The first-order chi connectivity index (χ1) is 11.6. The number of hydrogen-bond acceptors (Lipinski definition) is 4. The highest BCUT2D eigenvalue weighted by Gasteiger charge is 2.36. The maximum atomic E-state index is 13.0.